The maximum Gasteiger partial charge on any atom is 0.171 e. The second kappa shape index (κ2) is 9.40. The molecule has 0 saturated carbocycles. The Bertz CT molecular complexity index is 775. The maximum absolute atomic E-state index is 6.20. The van der Waals surface area contributed by atoms with Crippen LogP contribution in [0.25, 0.3) is 0 Å². The third-order valence-electron chi connectivity index (χ3n) is 5.24. The van der Waals surface area contributed by atoms with Gasteiger partial charge in [0.05, 0.1) is 26.7 Å². The van der Waals surface area contributed by atoms with Crippen LogP contribution in [-0.4, -0.2) is 31.9 Å². The van der Waals surface area contributed by atoms with E-state index >= 15 is 0 Å². The topological polar surface area (TPSA) is 37.7 Å². The molecule has 0 spiro atoms. The van der Waals surface area contributed by atoms with Gasteiger partial charge in [0.2, 0.25) is 0 Å². The van der Waals surface area contributed by atoms with Gasteiger partial charge in [0.1, 0.15) is 11.8 Å². The summed E-state index contributed by atoms with van der Waals surface area (Å²) < 4.78 is 5.30. The molecule has 1 fully saturated rings. The Hall–Kier alpha value is -1.82. The molecule has 0 amide bonds. The summed E-state index contributed by atoms with van der Waals surface area (Å²) in [5.41, 5.74) is 3.25. The van der Waals surface area contributed by atoms with Crippen molar-refractivity contribution in [2.75, 3.05) is 32.1 Å². The third kappa shape index (κ3) is 5.12. The Labute approximate surface area is 171 Å². The van der Waals surface area contributed by atoms with E-state index in [1.54, 1.807) is 12.0 Å². The molecule has 0 unspecified atom stereocenters. The second-order valence-electron chi connectivity index (χ2n) is 6.94. The van der Waals surface area contributed by atoms with Crippen LogP contribution >= 0.6 is 23.8 Å². The average Bonchev–Trinajstić information content (AvgIpc) is 3.20. The van der Waals surface area contributed by atoms with E-state index in [4.69, 9.17) is 28.6 Å². The van der Waals surface area contributed by atoms with Gasteiger partial charge in [0, 0.05) is 29.1 Å². The fourth-order valence-electron chi connectivity index (χ4n) is 3.62. The molecule has 0 bridgehead atoms. The highest BCUT2D eigenvalue weighted by Crippen LogP contribution is 2.23. The first-order chi connectivity index (χ1) is 13.1. The number of quaternary nitrogens is 1. The molecule has 144 valence electrons. The lowest BCUT2D eigenvalue weighted by atomic mass is 10.1. The van der Waals surface area contributed by atoms with Gasteiger partial charge < -0.3 is 20.3 Å². The minimum Gasteiger partial charge on any atom is -0.497 e. The fraction of sp³-hybridized carbons (Fsp3) is 0.381. The molecule has 4 nitrogen and oxygen atoms in total. The molecule has 1 saturated heterocycles. The summed E-state index contributed by atoms with van der Waals surface area (Å²) >= 11 is 11.7. The Balaban J connectivity index is 1.66. The van der Waals surface area contributed by atoms with Crippen LogP contribution in [0.3, 0.4) is 0 Å². The third-order valence-corrected chi connectivity index (χ3v) is 5.90. The molecule has 3 rings (SSSR count). The summed E-state index contributed by atoms with van der Waals surface area (Å²) in [7, 11) is 1.70. The van der Waals surface area contributed by atoms with Gasteiger partial charge in [0.25, 0.3) is 0 Å². The lowest BCUT2D eigenvalue weighted by Crippen LogP contribution is -3.11. The molecule has 6 heteroatoms. The summed E-state index contributed by atoms with van der Waals surface area (Å²) in [4.78, 5) is 1.61. The molecule has 2 aromatic rings. The predicted octanol–water partition coefficient (Wildman–Crippen LogP) is 3.36. The van der Waals surface area contributed by atoms with Crippen LogP contribution < -0.4 is 20.3 Å². The number of anilines is 1. The van der Waals surface area contributed by atoms with Crippen molar-refractivity contribution in [3.63, 3.8) is 0 Å². The standard InChI is InChI=1S/C21H26ClN3OS/c1-15-18(22)6-5-7-19(15)24-21(27)23-14-20(25-12-3-4-13-25)16-8-10-17(26-2)11-9-16/h5-11,20H,3-4,12-14H2,1-2H3,(H2,23,24,27)/p+1/t20-/m1/s1. The van der Waals surface area contributed by atoms with E-state index in [1.807, 2.05) is 37.3 Å². The lowest BCUT2D eigenvalue weighted by Gasteiger charge is -2.26. The lowest BCUT2D eigenvalue weighted by molar-refractivity contribution is -0.918. The summed E-state index contributed by atoms with van der Waals surface area (Å²) in [6, 6.07) is 14.5. The predicted molar refractivity (Wildman–Crippen MR) is 116 cm³/mol. The van der Waals surface area contributed by atoms with E-state index in [1.165, 1.54) is 31.5 Å². The first-order valence-electron chi connectivity index (χ1n) is 9.37. The zero-order valence-corrected chi connectivity index (χ0v) is 17.4. The summed E-state index contributed by atoms with van der Waals surface area (Å²) in [6.07, 6.45) is 2.57. The van der Waals surface area contributed by atoms with E-state index in [9.17, 15) is 0 Å². The molecule has 1 aliphatic rings. The van der Waals surface area contributed by atoms with Gasteiger partial charge in [-0.05, 0) is 61.1 Å². The SMILES string of the molecule is COc1ccc([C@@H](CNC(=S)Nc2cccc(Cl)c2C)[NH+]2CCCC2)cc1. The molecule has 1 heterocycles. The minimum atomic E-state index is 0.360. The van der Waals surface area contributed by atoms with Gasteiger partial charge in [-0.25, -0.2) is 0 Å². The number of benzene rings is 2. The zero-order chi connectivity index (χ0) is 19.2. The van der Waals surface area contributed by atoms with Gasteiger partial charge in [-0.2, -0.15) is 0 Å². The van der Waals surface area contributed by atoms with Crippen molar-refractivity contribution >= 4 is 34.6 Å². The smallest absolute Gasteiger partial charge is 0.171 e. The van der Waals surface area contributed by atoms with Crippen LogP contribution in [0.1, 0.15) is 30.0 Å². The van der Waals surface area contributed by atoms with Crippen LogP contribution in [0.15, 0.2) is 42.5 Å². The van der Waals surface area contributed by atoms with E-state index in [0.717, 1.165) is 28.6 Å². The Morgan fingerprint density at radius 1 is 1.19 bits per heavy atom. The van der Waals surface area contributed by atoms with Gasteiger partial charge in [0.15, 0.2) is 5.11 Å². The van der Waals surface area contributed by atoms with Crippen LogP contribution in [-0.2, 0) is 0 Å². The molecule has 1 atom stereocenters. The summed E-state index contributed by atoms with van der Waals surface area (Å²) in [6.45, 7) is 5.17. The first-order valence-corrected chi connectivity index (χ1v) is 10.2. The van der Waals surface area contributed by atoms with E-state index in [2.05, 4.69) is 22.8 Å². The van der Waals surface area contributed by atoms with E-state index < -0.39 is 0 Å². The number of thiocarbonyl (C=S) groups is 1. The summed E-state index contributed by atoms with van der Waals surface area (Å²) in [5.74, 6) is 0.885. The molecule has 0 aromatic heterocycles. The highest BCUT2D eigenvalue weighted by atomic mass is 35.5. The van der Waals surface area contributed by atoms with Crippen LogP contribution in [0.2, 0.25) is 5.02 Å². The Morgan fingerprint density at radius 3 is 2.56 bits per heavy atom. The van der Waals surface area contributed by atoms with Gasteiger partial charge in [-0.1, -0.05) is 17.7 Å². The molecule has 1 aliphatic heterocycles. The number of hydrogen-bond acceptors (Lipinski definition) is 2. The quantitative estimate of drug-likeness (QED) is 0.645. The van der Waals surface area contributed by atoms with Gasteiger partial charge >= 0.3 is 0 Å². The molecule has 2 aromatic carbocycles. The number of hydrogen-bond donors (Lipinski definition) is 3. The fourth-order valence-corrected chi connectivity index (χ4v) is 3.98. The van der Waals surface area contributed by atoms with Crippen LogP contribution in [0.5, 0.6) is 5.75 Å². The van der Waals surface area contributed by atoms with Crippen molar-refractivity contribution in [1.82, 2.24) is 5.32 Å². The van der Waals surface area contributed by atoms with E-state index in [-0.39, 0.29) is 0 Å². The number of nitrogens with one attached hydrogen (secondary N) is 3. The molecular weight excluding hydrogens is 378 g/mol. The average molecular weight is 405 g/mol. The maximum atomic E-state index is 6.20. The highest BCUT2D eigenvalue weighted by molar-refractivity contribution is 7.80. The van der Waals surface area contributed by atoms with Crippen molar-refractivity contribution in [3.8, 4) is 5.75 Å². The van der Waals surface area contributed by atoms with Gasteiger partial charge in [-0.15, -0.1) is 0 Å². The number of rotatable bonds is 6. The first kappa shape index (κ1) is 19.9. The molecule has 0 radical (unpaired) electrons. The Morgan fingerprint density at radius 2 is 1.89 bits per heavy atom. The van der Waals surface area contributed by atoms with E-state index in [0.29, 0.717) is 11.2 Å². The zero-order valence-electron chi connectivity index (χ0n) is 15.8. The molecule has 27 heavy (non-hydrogen) atoms. The van der Waals surface area contributed by atoms with Crippen molar-refractivity contribution in [3.05, 3.63) is 58.6 Å². The number of halogens is 1. The second-order valence-corrected chi connectivity index (χ2v) is 7.75. The largest absolute Gasteiger partial charge is 0.497 e. The van der Waals surface area contributed by atoms with Crippen LogP contribution in [0.4, 0.5) is 5.69 Å². The highest BCUT2D eigenvalue weighted by Gasteiger charge is 2.27. The van der Waals surface area contributed by atoms with Crippen molar-refractivity contribution in [2.24, 2.45) is 0 Å². The van der Waals surface area contributed by atoms with Crippen molar-refractivity contribution in [1.29, 1.82) is 0 Å². The van der Waals surface area contributed by atoms with Gasteiger partial charge in [-0.3, -0.25) is 0 Å². The van der Waals surface area contributed by atoms with Crippen molar-refractivity contribution in [2.45, 2.75) is 25.8 Å². The number of methoxy groups -OCH3 is 1. The summed E-state index contributed by atoms with van der Waals surface area (Å²) in [5, 5.41) is 8.04. The van der Waals surface area contributed by atoms with Crippen molar-refractivity contribution < 1.29 is 9.64 Å². The Kier molecular flexibility index (Phi) is 6.94. The number of likely N-dealkylation sites (tertiary alicyclic amines) is 1. The normalized spacial score (nSPS) is 15.4. The monoisotopic (exact) mass is 404 g/mol. The number of ether oxygens (including phenoxy) is 1. The molecular formula is C21H27ClN3OS+. The molecule has 0 aliphatic carbocycles. The van der Waals surface area contributed by atoms with Crippen LogP contribution in [0, 0.1) is 6.92 Å². The molecule has 3 N–H and O–H groups in total. The minimum absolute atomic E-state index is 0.360.